The minimum atomic E-state index is 0.143. The van der Waals surface area contributed by atoms with Gasteiger partial charge >= 0.3 is 0 Å². The Morgan fingerprint density at radius 2 is 2.14 bits per heavy atom. The van der Waals surface area contributed by atoms with Crippen molar-refractivity contribution in [1.82, 2.24) is 10.6 Å². The van der Waals surface area contributed by atoms with Crippen molar-refractivity contribution in [3.05, 3.63) is 23.8 Å². The van der Waals surface area contributed by atoms with Gasteiger partial charge in [-0.25, -0.2) is 0 Å². The third kappa shape index (κ3) is 4.63. The fourth-order valence-corrected chi connectivity index (χ4v) is 2.61. The first-order chi connectivity index (χ1) is 10.2. The predicted molar refractivity (Wildman–Crippen MR) is 81.9 cm³/mol. The molecule has 0 saturated carbocycles. The quantitative estimate of drug-likeness (QED) is 0.797. The summed E-state index contributed by atoms with van der Waals surface area (Å²) in [7, 11) is 3.24. The molecule has 1 heterocycles. The fourth-order valence-electron chi connectivity index (χ4n) is 2.61. The second kappa shape index (κ2) is 7.88. The molecule has 2 N–H and O–H groups in total. The van der Waals surface area contributed by atoms with E-state index in [1.807, 2.05) is 18.2 Å². The maximum absolute atomic E-state index is 11.8. The third-order valence-corrected chi connectivity index (χ3v) is 3.82. The number of ether oxygens (including phenoxy) is 2. The van der Waals surface area contributed by atoms with E-state index in [1.54, 1.807) is 14.2 Å². The van der Waals surface area contributed by atoms with Crippen LogP contribution >= 0.6 is 0 Å². The van der Waals surface area contributed by atoms with Crippen LogP contribution in [0.3, 0.4) is 0 Å². The topological polar surface area (TPSA) is 59.6 Å². The number of carbonyl (C=O) groups excluding carboxylic acids is 1. The first-order valence-electron chi connectivity index (χ1n) is 7.41. The lowest BCUT2D eigenvalue weighted by atomic mass is 10.0. The Bertz CT molecular complexity index is 471. The molecule has 2 rings (SSSR count). The lowest BCUT2D eigenvalue weighted by molar-refractivity contribution is -0.121. The summed E-state index contributed by atoms with van der Waals surface area (Å²) in [6, 6.07) is 5.83. The van der Waals surface area contributed by atoms with Crippen molar-refractivity contribution in [2.24, 2.45) is 5.92 Å². The van der Waals surface area contributed by atoms with Crippen LogP contribution in [0.15, 0.2) is 18.2 Å². The van der Waals surface area contributed by atoms with Gasteiger partial charge in [0.05, 0.1) is 14.2 Å². The van der Waals surface area contributed by atoms with Gasteiger partial charge in [0.2, 0.25) is 5.91 Å². The number of hydrogen-bond acceptors (Lipinski definition) is 4. The maximum atomic E-state index is 11.8. The zero-order valence-electron chi connectivity index (χ0n) is 12.8. The Morgan fingerprint density at radius 1 is 1.33 bits per heavy atom. The number of carbonyl (C=O) groups is 1. The van der Waals surface area contributed by atoms with Crippen molar-refractivity contribution in [3.8, 4) is 11.5 Å². The summed E-state index contributed by atoms with van der Waals surface area (Å²) in [4.78, 5) is 11.8. The van der Waals surface area contributed by atoms with E-state index in [1.165, 1.54) is 0 Å². The van der Waals surface area contributed by atoms with Gasteiger partial charge in [-0.2, -0.15) is 0 Å². The molecule has 1 amide bonds. The second-order valence-electron chi connectivity index (χ2n) is 5.35. The molecule has 0 unspecified atom stereocenters. The van der Waals surface area contributed by atoms with E-state index in [9.17, 15) is 4.79 Å². The van der Waals surface area contributed by atoms with E-state index < -0.39 is 0 Å². The molecule has 1 aliphatic rings. The van der Waals surface area contributed by atoms with Crippen molar-refractivity contribution < 1.29 is 14.3 Å². The number of rotatable bonds is 7. The molecule has 1 aliphatic heterocycles. The number of hydrogen-bond donors (Lipinski definition) is 2. The van der Waals surface area contributed by atoms with Gasteiger partial charge in [0, 0.05) is 13.0 Å². The highest BCUT2D eigenvalue weighted by atomic mass is 16.5. The molecule has 0 spiro atoms. The minimum absolute atomic E-state index is 0.143. The Balaban J connectivity index is 1.76. The van der Waals surface area contributed by atoms with Crippen LogP contribution in [-0.2, 0) is 11.2 Å². The smallest absolute Gasteiger partial charge is 0.220 e. The van der Waals surface area contributed by atoms with Crippen molar-refractivity contribution >= 4 is 5.91 Å². The van der Waals surface area contributed by atoms with Gasteiger partial charge in [-0.15, -0.1) is 0 Å². The van der Waals surface area contributed by atoms with Crippen LogP contribution in [0, 0.1) is 5.92 Å². The van der Waals surface area contributed by atoms with Crippen LogP contribution in [0.5, 0.6) is 11.5 Å². The zero-order chi connectivity index (χ0) is 15.1. The highest BCUT2D eigenvalue weighted by molar-refractivity contribution is 5.76. The van der Waals surface area contributed by atoms with Crippen LogP contribution in [0.25, 0.3) is 0 Å². The van der Waals surface area contributed by atoms with Gasteiger partial charge in [0.25, 0.3) is 0 Å². The average molecular weight is 292 g/mol. The van der Waals surface area contributed by atoms with E-state index in [4.69, 9.17) is 9.47 Å². The molecule has 1 saturated heterocycles. The largest absolute Gasteiger partial charge is 0.493 e. The molecule has 0 aliphatic carbocycles. The first-order valence-corrected chi connectivity index (χ1v) is 7.41. The lowest BCUT2D eigenvalue weighted by Crippen LogP contribution is -2.28. The fraction of sp³-hybridized carbons (Fsp3) is 0.562. The number of amides is 1. The summed E-state index contributed by atoms with van der Waals surface area (Å²) in [6.45, 7) is 2.64. The van der Waals surface area contributed by atoms with Crippen molar-refractivity contribution in [2.75, 3.05) is 33.9 Å². The highest BCUT2D eigenvalue weighted by Gasteiger charge is 2.17. The predicted octanol–water partition coefficient (Wildman–Crippen LogP) is 1.36. The Labute approximate surface area is 126 Å². The van der Waals surface area contributed by atoms with Gasteiger partial charge in [0.15, 0.2) is 11.5 Å². The van der Waals surface area contributed by atoms with E-state index in [0.717, 1.165) is 43.0 Å². The summed E-state index contributed by atoms with van der Waals surface area (Å²) in [6.07, 6.45) is 2.51. The van der Waals surface area contributed by atoms with Crippen molar-refractivity contribution in [2.45, 2.75) is 19.3 Å². The van der Waals surface area contributed by atoms with Gasteiger partial charge in [-0.05, 0) is 49.5 Å². The van der Waals surface area contributed by atoms with E-state index >= 15 is 0 Å². The molecular weight excluding hydrogens is 268 g/mol. The van der Waals surface area contributed by atoms with Gasteiger partial charge in [0.1, 0.15) is 0 Å². The van der Waals surface area contributed by atoms with Crippen LogP contribution in [0.2, 0.25) is 0 Å². The van der Waals surface area contributed by atoms with Gasteiger partial charge in [-0.1, -0.05) is 6.07 Å². The van der Waals surface area contributed by atoms with E-state index in [-0.39, 0.29) is 5.91 Å². The Morgan fingerprint density at radius 3 is 2.81 bits per heavy atom. The molecule has 5 nitrogen and oxygen atoms in total. The number of methoxy groups -OCH3 is 2. The second-order valence-corrected chi connectivity index (χ2v) is 5.35. The lowest BCUT2D eigenvalue weighted by Gasteiger charge is -2.11. The number of nitrogens with one attached hydrogen (secondary N) is 2. The molecule has 21 heavy (non-hydrogen) atoms. The van der Waals surface area contributed by atoms with Crippen LogP contribution in [-0.4, -0.2) is 39.8 Å². The zero-order valence-corrected chi connectivity index (χ0v) is 12.8. The van der Waals surface area contributed by atoms with E-state index in [0.29, 0.717) is 18.9 Å². The molecule has 5 heteroatoms. The molecule has 1 aromatic carbocycles. The minimum Gasteiger partial charge on any atom is -0.493 e. The summed E-state index contributed by atoms with van der Waals surface area (Å²) >= 11 is 0. The van der Waals surface area contributed by atoms with Gasteiger partial charge in [-0.3, -0.25) is 4.79 Å². The molecule has 1 aromatic rings. The third-order valence-electron chi connectivity index (χ3n) is 3.82. The highest BCUT2D eigenvalue weighted by Crippen LogP contribution is 2.27. The SMILES string of the molecule is COc1ccc(CCNC(=O)C[C@@H]2CCNC2)cc1OC. The van der Waals surface area contributed by atoms with E-state index in [2.05, 4.69) is 10.6 Å². The molecular formula is C16H24N2O3. The normalized spacial score (nSPS) is 17.5. The average Bonchev–Trinajstić information content (AvgIpc) is 2.99. The Kier molecular flexibility index (Phi) is 5.87. The van der Waals surface area contributed by atoms with Crippen molar-refractivity contribution in [3.63, 3.8) is 0 Å². The van der Waals surface area contributed by atoms with Gasteiger partial charge < -0.3 is 20.1 Å². The Hall–Kier alpha value is -1.75. The van der Waals surface area contributed by atoms with Crippen LogP contribution in [0.1, 0.15) is 18.4 Å². The van der Waals surface area contributed by atoms with Crippen LogP contribution < -0.4 is 20.1 Å². The summed E-state index contributed by atoms with van der Waals surface area (Å²) in [5.74, 6) is 2.08. The number of benzene rings is 1. The summed E-state index contributed by atoms with van der Waals surface area (Å²) in [5, 5.41) is 6.26. The standard InChI is InChI=1S/C16H24N2O3/c1-20-14-4-3-12(9-15(14)21-2)6-8-18-16(19)10-13-5-7-17-11-13/h3-4,9,13,17H,5-8,10-11H2,1-2H3,(H,18,19)/t13-/m0/s1. The van der Waals surface area contributed by atoms with Crippen molar-refractivity contribution in [1.29, 1.82) is 0 Å². The summed E-state index contributed by atoms with van der Waals surface area (Å²) in [5.41, 5.74) is 1.12. The molecule has 1 fully saturated rings. The molecule has 0 radical (unpaired) electrons. The first kappa shape index (κ1) is 15.6. The molecule has 1 atom stereocenters. The maximum Gasteiger partial charge on any atom is 0.220 e. The monoisotopic (exact) mass is 292 g/mol. The van der Waals surface area contributed by atoms with Crippen LogP contribution in [0.4, 0.5) is 0 Å². The molecule has 0 aromatic heterocycles. The molecule has 116 valence electrons. The molecule has 0 bridgehead atoms. The summed E-state index contributed by atoms with van der Waals surface area (Å²) < 4.78 is 10.5.